The molecule has 0 unspecified atom stereocenters. The Balaban J connectivity index is 1.31. The van der Waals surface area contributed by atoms with Gasteiger partial charge in [-0.15, -0.1) is 0 Å². The molecule has 0 aliphatic carbocycles. The Hall–Kier alpha value is -5.16. The fourth-order valence-electron chi connectivity index (χ4n) is 7.45. The summed E-state index contributed by atoms with van der Waals surface area (Å²) in [6.07, 6.45) is 10.7. The number of benzene rings is 4. The zero-order valence-electron chi connectivity index (χ0n) is 31.7. The van der Waals surface area contributed by atoms with Gasteiger partial charge in [-0.1, -0.05) is 110 Å². The van der Waals surface area contributed by atoms with Crippen LogP contribution in [0.15, 0.2) is 109 Å². The number of ether oxygens (including phenoxy) is 1. The average molecular weight is 689 g/mol. The molecule has 266 valence electrons. The van der Waals surface area contributed by atoms with Crippen LogP contribution in [0.3, 0.4) is 0 Å². The van der Waals surface area contributed by atoms with Crippen LogP contribution in [0.1, 0.15) is 96.2 Å². The number of fused-ring (bicyclic) bond motifs is 3. The van der Waals surface area contributed by atoms with Crippen LogP contribution >= 0.6 is 0 Å². The maximum Gasteiger partial charge on any atom is 0.137 e. The lowest BCUT2D eigenvalue weighted by atomic mass is 9.88. The second-order valence-corrected chi connectivity index (χ2v) is 15.1. The van der Waals surface area contributed by atoms with Gasteiger partial charge in [0, 0.05) is 34.7 Å². The summed E-state index contributed by atoms with van der Waals surface area (Å²) in [7, 11) is 0. The van der Waals surface area contributed by atoms with E-state index in [1.54, 1.807) is 0 Å². The van der Waals surface area contributed by atoms with Crippen molar-refractivity contribution in [1.82, 2.24) is 19.3 Å². The molecule has 5 nitrogen and oxygen atoms in total. The van der Waals surface area contributed by atoms with E-state index in [2.05, 4.69) is 148 Å². The van der Waals surface area contributed by atoms with Gasteiger partial charge in [-0.25, -0.2) is 9.67 Å². The summed E-state index contributed by atoms with van der Waals surface area (Å²) in [5.41, 5.74) is 10.8. The molecule has 5 heteroatoms. The van der Waals surface area contributed by atoms with E-state index < -0.39 is 0 Å². The van der Waals surface area contributed by atoms with Crippen molar-refractivity contribution in [1.29, 1.82) is 0 Å². The summed E-state index contributed by atoms with van der Waals surface area (Å²) < 4.78 is 11.2. The summed E-state index contributed by atoms with van der Waals surface area (Å²) in [5.74, 6) is 2.49. The van der Waals surface area contributed by atoms with E-state index in [0.717, 1.165) is 71.8 Å². The highest BCUT2D eigenvalue weighted by Crippen LogP contribution is 2.37. The third-order valence-electron chi connectivity index (χ3n) is 10.1. The minimum atomic E-state index is 0.00686. The number of hydrogen-bond acceptors (Lipinski definition) is 3. The number of unbranched alkanes of at least 4 members (excludes halogenated alkanes) is 2. The quantitative estimate of drug-likeness (QED) is 0.113. The van der Waals surface area contributed by atoms with Gasteiger partial charge >= 0.3 is 0 Å². The Bertz CT molecular complexity index is 2300. The largest absolute Gasteiger partial charge is 0.457 e. The summed E-state index contributed by atoms with van der Waals surface area (Å²) in [4.78, 5) is 4.92. The Morgan fingerprint density at radius 3 is 2.23 bits per heavy atom. The number of pyridine rings is 1. The molecular formula is C47H52N4O. The molecule has 0 saturated heterocycles. The minimum absolute atomic E-state index is 0.00686. The zero-order valence-corrected chi connectivity index (χ0v) is 31.7. The molecule has 0 atom stereocenters. The highest BCUT2D eigenvalue weighted by molar-refractivity contribution is 6.09. The van der Waals surface area contributed by atoms with Crippen LogP contribution in [-0.2, 0) is 24.7 Å². The van der Waals surface area contributed by atoms with Crippen LogP contribution in [0, 0.1) is 0 Å². The maximum absolute atomic E-state index is 6.70. The molecule has 0 amide bonds. The van der Waals surface area contributed by atoms with Gasteiger partial charge in [0.15, 0.2) is 0 Å². The molecule has 0 radical (unpaired) electrons. The summed E-state index contributed by atoms with van der Waals surface area (Å²) in [5, 5.41) is 7.68. The standard InChI is InChI=1S/C47H52N4O/c1-7-10-12-18-33-23-26-42-40(29-33)39-25-24-38(32-44(39)50(42)45-30-35(27-28-48-45)47(4,5)6)52-37-22-15-21-36(31-37)51-43(17-9-3)46(41(49-51)16-8-2)34-19-13-11-14-20-34/h11,13-15,19-32H,7-10,12,16-18H2,1-6H3. The molecule has 7 aromatic rings. The number of hydrogen-bond donors (Lipinski definition) is 0. The third-order valence-corrected chi connectivity index (χ3v) is 10.1. The highest BCUT2D eigenvalue weighted by Gasteiger charge is 2.21. The van der Waals surface area contributed by atoms with Gasteiger partial charge in [0.05, 0.1) is 28.1 Å². The summed E-state index contributed by atoms with van der Waals surface area (Å²) in [6.45, 7) is 13.5. The SMILES string of the molecule is CCCCCc1ccc2c(c1)c1ccc(Oc3cccc(-n4nc(CCC)c(-c5ccccc5)c4CCC)c3)cc1n2-c1cc(C(C)(C)C)ccn1. The monoisotopic (exact) mass is 688 g/mol. The number of rotatable bonds is 13. The lowest BCUT2D eigenvalue weighted by molar-refractivity contribution is 0.482. The normalized spacial score (nSPS) is 11.9. The smallest absolute Gasteiger partial charge is 0.137 e. The molecule has 7 rings (SSSR count). The first-order chi connectivity index (χ1) is 25.3. The van der Waals surface area contributed by atoms with Crippen molar-refractivity contribution in [3.05, 3.63) is 132 Å². The molecule has 3 heterocycles. The second kappa shape index (κ2) is 15.2. The van der Waals surface area contributed by atoms with E-state index in [-0.39, 0.29) is 5.41 Å². The first-order valence-corrected chi connectivity index (χ1v) is 19.3. The Morgan fingerprint density at radius 1 is 0.654 bits per heavy atom. The van der Waals surface area contributed by atoms with Crippen LogP contribution in [0.5, 0.6) is 11.5 Å². The van der Waals surface area contributed by atoms with Gasteiger partial charge in [0.25, 0.3) is 0 Å². The Labute approximate surface area is 309 Å². The number of nitrogens with zero attached hydrogens (tertiary/aromatic N) is 4. The maximum atomic E-state index is 6.70. The second-order valence-electron chi connectivity index (χ2n) is 15.1. The van der Waals surface area contributed by atoms with Gasteiger partial charge in [-0.3, -0.25) is 4.57 Å². The van der Waals surface area contributed by atoms with Crippen LogP contribution < -0.4 is 4.74 Å². The fraction of sp³-hybridized carbons (Fsp3) is 0.319. The van der Waals surface area contributed by atoms with Gasteiger partial charge in [-0.05, 0) is 96.3 Å². The Morgan fingerprint density at radius 2 is 1.46 bits per heavy atom. The van der Waals surface area contributed by atoms with Crippen LogP contribution in [0.2, 0.25) is 0 Å². The molecule has 0 N–H and O–H groups in total. The topological polar surface area (TPSA) is 44.9 Å². The highest BCUT2D eigenvalue weighted by atomic mass is 16.5. The van der Waals surface area contributed by atoms with Crippen molar-refractivity contribution in [3.63, 3.8) is 0 Å². The lowest BCUT2D eigenvalue weighted by Crippen LogP contribution is -2.12. The van der Waals surface area contributed by atoms with Crippen molar-refractivity contribution in [2.24, 2.45) is 0 Å². The summed E-state index contributed by atoms with van der Waals surface area (Å²) in [6, 6.07) is 36.9. The molecule has 0 aliphatic heterocycles. The molecular weight excluding hydrogens is 637 g/mol. The van der Waals surface area contributed by atoms with E-state index >= 15 is 0 Å². The first kappa shape index (κ1) is 35.3. The minimum Gasteiger partial charge on any atom is -0.457 e. The van der Waals surface area contributed by atoms with Gasteiger partial charge in [0.2, 0.25) is 0 Å². The number of aromatic nitrogens is 4. The molecule has 0 aliphatic rings. The van der Waals surface area contributed by atoms with Crippen molar-refractivity contribution in [2.75, 3.05) is 0 Å². The molecule has 3 aromatic heterocycles. The average Bonchev–Trinajstić information content (AvgIpc) is 3.67. The van der Waals surface area contributed by atoms with Gasteiger partial charge < -0.3 is 4.74 Å². The van der Waals surface area contributed by atoms with Crippen LogP contribution in [0.25, 0.3) is 44.4 Å². The third kappa shape index (κ3) is 7.14. The zero-order chi connectivity index (χ0) is 36.2. The predicted molar refractivity (Wildman–Crippen MR) is 218 cm³/mol. The molecule has 0 saturated carbocycles. The first-order valence-electron chi connectivity index (χ1n) is 19.3. The van der Waals surface area contributed by atoms with E-state index in [4.69, 9.17) is 14.8 Å². The lowest BCUT2D eigenvalue weighted by Gasteiger charge is -2.20. The fourth-order valence-corrected chi connectivity index (χ4v) is 7.45. The van der Waals surface area contributed by atoms with E-state index in [9.17, 15) is 0 Å². The van der Waals surface area contributed by atoms with Crippen LogP contribution in [-0.4, -0.2) is 19.3 Å². The van der Waals surface area contributed by atoms with Crippen molar-refractivity contribution >= 4 is 21.8 Å². The molecule has 4 aromatic carbocycles. The summed E-state index contributed by atoms with van der Waals surface area (Å²) >= 11 is 0. The van der Waals surface area contributed by atoms with Crippen molar-refractivity contribution < 1.29 is 4.74 Å². The van der Waals surface area contributed by atoms with Gasteiger partial charge in [-0.2, -0.15) is 5.10 Å². The van der Waals surface area contributed by atoms with Crippen LogP contribution in [0.4, 0.5) is 0 Å². The van der Waals surface area contributed by atoms with E-state index in [1.807, 2.05) is 12.3 Å². The van der Waals surface area contributed by atoms with Crippen molar-refractivity contribution in [2.45, 2.75) is 98.3 Å². The number of aryl methyl sites for hydroxylation is 2. The Kier molecular flexibility index (Phi) is 10.3. The molecule has 0 fully saturated rings. The van der Waals surface area contributed by atoms with E-state index in [1.165, 1.54) is 58.0 Å². The predicted octanol–water partition coefficient (Wildman–Crippen LogP) is 12.8. The van der Waals surface area contributed by atoms with Gasteiger partial charge in [0.1, 0.15) is 17.3 Å². The van der Waals surface area contributed by atoms with E-state index in [0.29, 0.717) is 0 Å². The van der Waals surface area contributed by atoms with Crippen molar-refractivity contribution in [3.8, 4) is 34.1 Å². The molecule has 0 bridgehead atoms. The molecule has 52 heavy (non-hydrogen) atoms. The molecule has 0 spiro atoms.